The molecular formula is C23H32N4O4. The molecule has 0 unspecified atom stereocenters. The number of nitrogens with zero attached hydrogens (tertiary/aromatic N) is 2. The molecule has 0 bridgehead atoms. The van der Waals surface area contributed by atoms with E-state index in [-0.39, 0.29) is 31.2 Å². The Balaban J connectivity index is 1.56. The highest BCUT2D eigenvalue weighted by Crippen LogP contribution is 2.25. The van der Waals surface area contributed by atoms with Crippen molar-refractivity contribution < 1.29 is 19.1 Å². The summed E-state index contributed by atoms with van der Waals surface area (Å²) >= 11 is 0. The number of nitrogens with one attached hydrogen (secondary N) is 1. The first-order valence-corrected chi connectivity index (χ1v) is 10.5. The quantitative estimate of drug-likeness (QED) is 0.613. The van der Waals surface area contributed by atoms with E-state index in [2.05, 4.69) is 10.3 Å². The van der Waals surface area contributed by atoms with Gasteiger partial charge in [0.1, 0.15) is 0 Å². The zero-order valence-electron chi connectivity index (χ0n) is 18.6. The van der Waals surface area contributed by atoms with Crippen LogP contribution in [-0.2, 0) is 16.1 Å². The van der Waals surface area contributed by atoms with E-state index in [0.29, 0.717) is 6.54 Å². The number of aromatic nitrogens is 1. The number of carbonyl (C=O) groups is 2. The first kappa shape index (κ1) is 23.1. The van der Waals surface area contributed by atoms with Crippen molar-refractivity contribution in [2.45, 2.75) is 58.8 Å². The van der Waals surface area contributed by atoms with Gasteiger partial charge in [-0.3, -0.25) is 9.59 Å². The van der Waals surface area contributed by atoms with Crippen molar-refractivity contribution in [3.8, 4) is 11.3 Å². The third kappa shape index (κ3) is 5.39. The third-order valence-corrected chi connectivity index (χ3v) is 5.72. The number of ketones is 1. The summed E-state index contributed by atoms with van der Waals surface area (Å²) in [6, 6.07) is 6.45. The summed E-state index contributed by atoms with van der Waals surface area (Å²) in [6.45, 7) is 8.30. The van der Waals surface area contributed by atoms with Crippen LogP contribution in [0, 0.1) is 12.3 Å². The van der Waals surface area contributed by atoms with Gasteiger partial charge in [0.25, 0.3) is 0 Å². The molecule has 1 saturated heterocycles. The van der Waals surface area contributed by atoms with Gasteiger partial charge in [-0.2, -0.15) is 0 Å². The second kappa shape index (κ2) is 9.30. The first-order chi connectivity index (χ1) is 14.6. The molecule has 4 N–H and O–H groups in total. The summed E-state index contributed by atoms with van der Waals surface area (Å²) in [5.41, 5.74) is 8.47. The van der Waals surface area contributed by atoms with E-state index in [1.54, 1.807) is 0 Å². The van der Waals surface area contributed by atoms with Crippen molar-refractivity contribution in [2.24, 2.45) is 11.1 Å². The number of nitrogens with two attached hydrogens (primary N) is 1. The molecule has 2 aromatic rings. The van der Waals surface area contributed by atoms with Crippen molar-refractivity contribution in [1.82, 2.24) is 15.2 Å². The summed E-state index contributed by atoms with van der Waals surface area (Å²) in [6.07, 6.45) is 0.958. The van der Waals surface area contributed by atoms with Gasteiger partial charge in [-0.1, -0.05) is 45.0 Å². The lowest BCUT2D eigenvalue weighted by Gasteiger charge is -2.32. The molecule has 1 aliphatic rings. The zero-order chi connectivity index (χ0) is 22.8. The minimum atomic E-state index is -0.729. The zero-order valence-corrected chi connectivity index (χ0v) is 18.6. The molecule has 1 amide bonds. The normalized spacial score (nSPS) is 20.1. The molecule has 0 spiro atoms. The lowest BCUT2D eigenvalue weighted by Crippen LogP contribution is -2.54. The van der Waals surface area contributed by atoms with Gasteiger partial charge in [0.2, 0.25) is 5.91 Å². The Labute approximate surface area is 182 Å². The summed E-state index contributed by atoms with van der Waals surface area (Å²) in [4.78, 5) is 31.1. The Kier molecular flexibility index (Phi) is 6.93. The average Bonchev–Trinajstić information content (AvgIpc) is 3.32. The summed E-state index contributed by atoms with van der Waals surface area (Å²) in [7, 11) is 0. The molecular weight excluding hydrogens is 396 g/mol. The molecule has 3 atom stereocenters. The summed E-state index contributed by atoms with van der Waals surface area (Å²) < 4.78 is 5.40. The molecule has 31 heavy (non-hydrogen) atoms. The molecule has 1 fully saturated rings. The number of Topliss-reactive ketones (excluding diaryl/α,β-unsaturated/α-hetero) is 1. The second-order valence-corrected chi connectivity index (χ2v) is 9.27. The number of aryl methyl sites for hydroxylation is 1. The molecule has 1 aliphatic heterocycles. The number of β-amino-alcohol motifs (C(OH)–C–C–N with tert-alkyl or cyclic N) is 1. The van der Waals surface area contributed by atoms with E-state index in [4.69, 9.17) is 10.2 Å². The largest absolute Gasteiger partial charge is 0.443 e. The van der Waals surface area contributed by atoms with E-state index in [1.165, 1.54) is 11.3 Å². The SMILES string of the molecule is Cc1ncoc1-c1ccc(CNCC(=O)[C@@H]2C[C@@H](O)CN2C(=O)[C@@H](N)C(C)(C)C)cc1. The molecule has 1 aromatic heterocycles. The van der Waals surface area contributed by atoms with Gasteiger partial charge in [-0.15, -0.1) is 0 Å². The smallest absolute Gasteiger partial charge is 0.240 e. The number of rotatable bonds is 7. The standard InChI is InChI=1S/C23H32N4O4/c1-14-20(31-13-26-14)16-7-5-15(6-8-16)10-25-11-19(29)18-9-17(28)12-27(18)22(30)21(24)23(2,3)4/h5-8,13,17-18,21,25,28H,9-12,24H2,1-4H3/t17-,18+,21-/m1/s1. The van der Waals surface area contributed by atoms with Crippen molar-refractivity contribution in [3.63, 3.8) is 0 Å². The van der Waals surface area contributed by atoms with Gasteiger partial charge < -0.3 is 25.5 Å². The molecule has 0 saturated carbocycles. The van der Waals surface area contributed by atoms with Crippen LogP contribution in [0.2, 0.25) is 0 Å². The van der Waals surface area contributed by atoms with Gasteiger partial charge in [0.15, 0.2) is 17.9 Å². The van der Waals surface area contributed by atoms with E-state index >= 15 is 0 Å². The van der Waals surface area contributed by atoms with Crippen LogP contribution in [0.1, 0.15) is 38.4 Å². The minimum Gasteiger partial charge on any atom is -0.443 e. The van der Waals surface area contributed by atoms with Crippen LogP contribution in [0.25, 0.3) is 11.3 Å². The number of likely N-dealkylation sites (tertiary alicyclic amines) is 1. The van der Waals surface area contributed by atoms with Gasteiger partial charge >= 0.3 is 0 Å². The van der Waals surface area contributed by atoms with Gasteiger partial charge in [-0.25, -0.2) is 4.98 Å². The van der Waals surface area contributed by atoms with Crippen LogP contribution < -0.4 is 11.1 Å². The van der Waals surface area contributed by atoms with E-state index < -0.39 is 23.6 Å². The van der Waals surface area contributed by atoms with E-state index in [9.17, 15) is 14.7 Å². The predicted octanol–water partition coefficient (Wildman–Crippen LogP) is 1.64. The van der Waals surface area contributed by atoms with Crippen LogP contribution in [-0.4, -0.2) is 58.0 Å². The summed E-state index contributed by atoms with van der Waals surface area (Å²) in [5.74, 6) is 0.327. The first-order valence-electron chi connectivity index (χ1n) is 10.5. The fourth-order valence-electron chi connectivity index (χ4n) is 3.71. The molecule has 168 valence electrons. The number of amides is 1. The maximum atomic E-state index is 12.8. The third-order valence-electron chi connectivity index (χ3n) is 5.72. The minimum absolute atomic E-state index is 0.106. The highest BCUT2D eigenvalue weighted by atomic mass is 16.3. The van der Waals surface area contributed by atoms with Gasteiger partial charge in [0, 0.05) is 25.1 Å². The van der Waals surface area contributed by atoms with Crippen molar-refractivity contribution >= 4 is 11.7 Å². The fraction of sp³-hybridized carbons (Fsp3) is 0.522. The predicted molar refractivity (Wildman–Crippen MR) is 117 cm³/mol. The lowest BCUT2D eigenvalue weighted by molar-refractivity contribution is -0.140. The van der Waals surface area contributed by atoms with E-state index in [1.807, 2.05) is 52.0 Å². The molecule has 3 rings (SSSR count). The van der Waals surface area contributed by atoms with Crippen LogP contribution in [0.3, 0.4) is 0 Å². The lowest BCUT2D eigenvalue weighted by atomic mass is 9.86. The van der Waals surface area contributed by atoms with Crippen molar-refractivity contribution in [2.75, 3.05) is 13.1 Å². The average molecular weight is 429 g/mol. The van der Waals surface area contributed by atoms with Crippen molar-refractivity contribution in [1.29, 1.82) is 0 Å². The Hall–Kier alpha value is -2.55. The molecule has 2 heterocycles. The maximum Gasteiger partial charge on any atom is 0.240 e. The van der Waals surface area contributed by atoms with Crippen LogP contribution in [0.4, 0.5) is 0 Å². The van der Waals surface area contributed by atoms with Crippen LogP contribution in [0.5, 0.6) is 0 Å². The number of hydrogen-bond acceptors (Lipinski definition) is 7. The highest BCUT2D eigenvalue weighted by molar-refractivity contribution is 5.92. The summed E-state index contributed by atoms with van der Waals surface area (Å²) in [5, 5.41) is 13.2. The molecule has 1 aromatic carbocycles. The number of carbonyl (C=O) groups excluding carboxylic acids is 2. The number of oxazole rings is 1. The number of aliphatic hydroxyl groups is 1. The van der Waals surface area contributed by atoms with Gasteiger partial charge in [-0.05, 0) is 17.9 Å². The number of hydrogen-bond donors (Lipinski definition) is 3. The molecule has 8 heteroatoms. The molecule has 8 nitrogen and oxygen atoms in total. The van der Waals surface area contributed by atoms with Crippen LogP contribution in [0.15, 0.2) is 35.1 Å². The fourth-order valence-corrected chi connectivity index (χ4v) is 3.71. The second-order valence-electron chi connectivity index (χ2n) is 9.27. The molecule has 0 radical (unpaired) electrons. The number of benzene rings is 1. The maximum absolute atomic E-state index is 12.8. The molecule has 0 aliphatic carbocycles. The van der Waals surface area contributed by atoms with Gasteiger partial charge in [0.05, 0.1) is 30.4 Å². The Morgan fingerprint density at radius 3 is 2.58 bits per heavy atom. The Bertz CT molecular complexity index is 916. The Morgan fingerprint density at radius 1 is 1.32 bits per heavy atom. The van der Waals surface area contributed by atoms with E-state index in [0.717, 1.165) is 22.6 Å². The highest BCUT2D eigenvalue weighted by Gasteiger charge is 2.42. The Morgan fingerprint density at radius 2 is 2.00 bits per heavy atom. The topological polar surface area (TPSA) is 122 Å². The number of aliphatic hydroxyl groups excluding tert-OH is 1. The monoisotopic (exact) mass is 428 g/mol. The van der Waals surface area contributed by atoms with Crippen LogP contribution >= 0.6 is 0 Å². The van der Waals surface area contributed by atoms with Crippen molar-refractivity contribution in [3.05, 3.63) is 41.9 Å².